The zero-order valence-corrected chi connectivity index (χ0v) is 12.9. The van der Waals surface area contributed by atoms with Crippen LogP contribution in [-0.4, -0.2) is 21.0 Å². The Kier molecular flexibility index (Phi) is 3.85. The first-order valence-electron chi connectivity index (χ1n) is 6.90. The molecule has 1 N–H and O–H groups in total. The normalized spacial score (nSPS) is 17.7. The van der Waals surface area contributed by atoms with Crippen molar-refractivity contribution in [2.45, 2.75) is 17.9 Å². The van der Waals surface area contributed by atoms with E-state index in [2.05, 4.69) is 9.71 Å². The standard InChI is InChI=1S/C16H16N2O3S/c1-12-7-9-14(10-8-12)22(19,20)18-16-17-15(11-21-16)13-5-3-2-4-6-13/h2-10,15H,11H2,1H3,(H,17,18). The lowest BCUT2D eigenvalue weighted by Gasteiger charge is -2.07. The first-order valence-corrected chi connectivity index (χ1v) is 8.38. The van der Waals surface area contributed by atoms with Crippen molar-refractivity contribution >= 4 is 16.0 Å². The molecule has 5 nitrogen and oxygen atoms in total. The highest BCUT2D eigenvalue weighted by Gasteiger charge is 2.24. The lowest BCUT2D eigenvalue weighted by atomic mass is 10.1. The number of rotatable bonds is 3. The first kappa shape index (κ1) is 14.6. The second kappa shape index (κ2) is 5.81. The summed E-state index contributed by atoms with van der Waals surface area (Å²) in [5.74, 6) is 0. The number of aliphatic imine (C=N–C) groups is 1. The molecular weight excluding hydrogens is 300 g/mol. The molecule has 1 aliphatic heterocycles. The third-order valence-electron chi connectivity index (χ3n) is 3.39. The minimum atomic E-state index is -3.67. The average Bonchev–Trinajstić information content (AvgIpc) is 2.96. The predicted molar refractivity (Wildman–Crippen MR) is 84.1 cm³/mol. The molecule has 114 valence electrons. The van der Waals surface area contributed by atoms with E-state index in [0.717, 1.165) is 11.1 Å². The van der Waals surface area contributed by atoms with E-state index in [-0.39, 0.29) is 17.0 Å². The molecule has 0 amide bonds. The molecule has 0 fully saturated rings. The van der Waals surface area contributed by atoms with Crippen molar-refractivity contribution in [2.75, 3.05) is 6.61 Å². The molecule has 0 radical (unpaired) electrons. The Morgan fingerprint density at radius 2 is 1.77 bits per heavy atom. The second-order valence-corrected chi connectivity index (χ2v) is 6.77. The summed E-state index contributed by atoms with van der Waals surface area (Å²) >= 11 is 0. The van der Waals surface area contributed by atoms with Crippen LogP contribution in [0.4, 0.5) is 0 Å². The van der Waals surface area contributed by atoms with E-state index >= 15 is 0 Å². The zero-order valence-electron chi connectivity index (χ0n) is 12.1. The minimum absolute atomic E-state index is 0.0365. The number of nitrogens with zero attached hydrogens (tertiary/aromatic N) is 1. The number of sulfonamides is 1. The van der Waals surface area contributed by atoms with Gasteiger partial charge in [0.15, 0.2) is 0 Å². The summed E-state index contributed by atoms with van der Waals surface area (Å²) < 4.78 is 32.3. The summed E-state index contributed by atoms with van der Waals surface area (Å²) in [4.78, 5) is 4.48. The van der Waals surface area contributed by atoms with Crippen molar-refractivity contribution in [2.24, 2.45) is 4.99 Å². The second-order valence-electron chi connectivity index (χ2n) is 5.09. The van der Waals surface area contributed by atoms with Gasteiger partial charge in [0.05, 0.1) is 4.90 Å². The molecule has 3 rings (SSSR count). The van der Waals surface area contributed by atoms with Gasteiger partial charge >= 0.3 is 0 Å². The molecule has 1 atom stereocenters. The fraction of sp³-hybridized carbons (Fsp3) is 0.188. The average molecular weight is 316 g/mol. The molecule has 0 aliphatic carbocycles. The van der Waals surface area contributed by atoms with Crippen LogP contribution in [0.2, 0.25) is 0 Å². The van der Waals surface area contributed by atoms with Crippen molar-refractivity contribution in [3.05, 3.63) is 65.7 Å². The Morgan fingerprint density at radius 1 is 1.09 bits per heavy atom. The molecule has 1 heterocycles. The third kappa shape index (κ3) is 3.12. The van der Waals surface area contributed by atoms with Gasteiger partial charge in [-0.15, -0.1) is 0 Å². The number of ether oxygens (including phenoxy) is 1. The molecule has 0 saturated heterocycles. The molecule has 1 unspecified atom stereocenters. The summed E-state index contributed by atoms with van der Waals surface area (Å²) in [6, 6.07) is 16.1. The zero-order chi connectivity index (χ0) is 15.6. The summed E-state index contributed by atoms with van der Waals surface area (Å²) in [7, 11) is -3.67. The van der Waals surface area contributed by atoms with Gasteiger partial charge in [0.2, 0.25) is 0 Å². The Bertz CT molecular complexity index is 784. The SMILES string of the molecule is Cc1ccc(S(=O)(=O)NC2=NC(c3ccccc3)CO2)cc1. The Hall–Kier alpha value is -2.34. The Balaban J connectivity index is 1.77. The first-order chi connectivity index (χ1) is 10.5. The molecule has 2 aromatic carbocycles. The van der Waals surface area contributed by atoms with Gasteiger partial charge < -0.3 is 4.74 Å². The van der Waals surface area contributed by atoms with Crippen LogP contribution < -0.4 is 4.72 Å². The minimum Gasteiger partial charge on any atom is -0.462 e. The van der Waals surface area contributed by atoms with Gasteiger partial charge in [-0.2, -0.15) is 0 Å². The maximum Gasteiger partial charge on any atom is 0.299 e. The van der Waals surface area contributed by atoms with E-state index in [9.17, 15) is 8.42 Å². The van der Waals surface area contributed by atoms with Crippen molar-refractivity contribution in [3.63, 3.8) is 0 Å². The van der Waals surface area contributed by atoms with Crippen LogP contribution >= 0.6 is 0 Å². The summed E-state index contributed by atoms with van der Waals surface area (Å²) in [6.45, 7) is 2.23. The van der Waals surface area contributed by atoms with Gasteiger partial charge in [-0.1, -0.05) is 48.0 Å². The molecule has 1 aliphatic rings. The molecule has 6 heteroatoms. The van der Waals surface area contributed by atoms with Gasteiger partial charge in [0, 0.05) is 0 Å². The van der Waals surface area contributed by atoms with Crippen molar-refractivity contribution < 1.29 is 13.2 Å². The largest absolute Gasteiger partial charge is 0.462 e. The quantitative estimate of drug-likeness (QED) is 0.945. The highest BCUT2D eigenvalue weighted by Crippen LogP contribution is 2.22. The number of hydrogen-bond donors (Lipinski definition) is 1. The van der Waals surface area contributed by atoms with Crippen LogP contribution in [0.25, 0.3) is 0 Å². The molecular formula is C16H16N2O3S. The topological polar surface area (TPSA) is 67.8 Å². The molecule has 0 aromatic heterocycles. The number of amidine groups is 1. The fourth-order valence-corrected chi connectivity index (χ4v) is 3.12. The van der Waals surface area contributed by atoms with E-state index in [1.54, 1.807) is 24.3 Å². The van der Waals surface area contributed by atoms with Crippen LogP contribution in [0.3, 0.4) is 0 Å². The van der Waals surface area contributed by atoms with E-state index in [1.807, 2.05) is 37.3 Å². The van der Waals surface area contributed by atoms with Crippen LogP contribution in [0, 0.1) is 6.92 Å². The van der Waals surface area contributed by atoms with E-state index in [4.69, 9.17) is 4.74 Å². The Morgan fingerprint density at radius 3 is 2.45 bits per heavy atom. The number of nitrogens with one attached hydrogen (secondary N) is 1. The number of benzene rings is 2. The van der Waals surface area contributed by atoms with Crippen LogP contribution in [0.5, 0.6) is 0 Å². The van der Waals surface area contributed by atoms with Gasteiger partial charge in [0.25, 0.3) is 16.0 Å². The van der Waals surface area contributed by atoms with Crippen LogP contribution in [0.15, 0.2) is 64.5 Å². The van der Waals surface area contributed by atoms with Crippen molar-refractivity contribution in [3.8, 4) is 0 Å². The molecule has 0 saturated carbocycles. The molecule has 0 spiro atoms. The predicted octanol–water partition coefficient (Wildman–Crippen LogP) is 2.40. The summed E-state index contributed by atoms with van der Waals surface area (Å²) in [5.41, 5.74) is 1.99. The molecule has 22 heavy (non-hydrogen) atoms. The van der Waals surface area contributed by atoms with Crippen molar-refractivity contribution in [1.82, 2.24) is 4.72 Å². The van der Waals surface area contributed by atoms with E-state index in [0.29, 0.717) is 6.61 Å². The number of aryl methyl sites for hydroxylation is 1. The van der Waals surface area contributed by atoms with Gasteiger partial charge in [-0.05, 0) is 24.6 Å². The maximum atomic E-state index is 12.3. The highest BCUT2D eigenvalue weighted by atomic mass is 32.2. The maximum absolute atomic E-state index is 12.3. The summed E-state index contributed by atoms with van der Waals surface area (Å²) in [5, 5.41) is 0. The van der Waals surface area contributed by atoms with Gasteiger partial charge in [0.1, 0.15) is 12.6 Å². The van der Waals surface area contributed by atoms with Crippen molar-refractivity contribution in [1.29, 1.82) is 0 Å². The monoisotopic (exact) mass is 316 g/mol. The van der Waals surface area contributed by atoms with Gasteiger partial charge in [-0.3, -0.25) is 0 Å². The molecule has 2 aromatic rings. The van der Waals surface area contributed by atoms with Gasteiger partial charge in [-0.25, -0.2) is 18.1 Å². The Labute approximate surface area is 129 Å². The van der Waals surface area contributed by atoms with Crippen LogP contribution in [0.1, 0.15) is 17.2 Å². The summed E-state index contributed by atoms with van der Waals surface area (Å²) in [6.07, 6.45) is 0. The lowest BCUT2D eigenvalue weighted by molar-refractivity contribution is 0.311. The fourth-order valence-electron chi connectivity index (χ4n) is 2.17. The highest BCUT2D eigenvalue weighted by molar-refractivity contribution is 7.90. The number of hydrogen-bond acceptors (Lipinski definition) is 4. The van der Waals surface area contributed by atoms with E-state index < -0.39 is 10.0 Å². The lowest BCUT2D eigenvalue weighted by Crippen LogP contribution is -2.30. The third-order valence-corrected chi connectivity index (χ3v) is 4.72. The van der Waals surface area contributed by atoms with E-state index in [1.165, 1.54) is 0 Å². The molecule has 0 bridgehead atoms. The smallest absolute Gasteiger partial charge is 0.299 e. The van der Waals surface area contributed by atoms with Crippen LogP contribution in [-0.2, 0) is 14.8 Å².